The molecule has 0 bridgehead atoms. The number of nitrogens with zero attached hydrogens (tertiary/aromatic N) is 1. The summed E-state index contributed by atoms with van der Waals surface area (Å²) in [6.45, 7) is 5.62. The molecule has 1 aromatic heterocycles. The van der Waals surface area contributed by atoms with Crippen molar-refractivity contribution < 1.29 is 4.74 Å². The van der Waals surface area contributed by atoms with E-state index in [9.17, 15) is 0 Å². The fourth-order valence-electron chi connectivity index (χ4n) is 1.70. The van der Waals surface area contributed by atoms with Crippen LogP contribution in [0, 0.1) is 0 Å². The second-order valence-corrected chi connectivity index (χ2v) is 5.87. The third-order valence-corrected chi connectivity index (χ3v) is 3.34. The molecule has 0 fully saturated rings. The Bertz CT molecular complexity index is 540. The second-order valence-electron chi connectivity index (χ2n) is 4.95. The first-order valence-corrected chi connectivity index (χ1v) is 7.48. The van der Waals surface area contributed by atoms with Crippen LogP contribution in [0.4, 0.5) is 0 Å². The molecule has 2 rings (SSSR count). The third kappa shape index (κ3) is 4.94. The molecule has 0 radical (unpaired) electrons. The van der Waals surface area contributed by atoms with Gasteiger partial charge >= 0.3 is 0 Å². The maximum Gasteiger partial charge on any atom is 0.213 e. The number of nitrogens with one attached hydrogen (secondary N) is 1. The van der Waals surface area contributed by atoms with E-state index in [0.717, 1.165) is 16.6 Å². The van der Waals surface area contributed by atoms with E-state index in [4.69, 9.17) is 4.74 Å². The molecule has 1 N–H and O–H groups in total. The Balaban J connectivity index is 1.92. The molecule has 1 heterocycles. The van der Waals surface area contributed by atoms with Gasteiger partial charge in [-0.05, 0) is 29.3 Å². The van der Waals surface area contributed by atoms with Crippen molar-refractivity contribution in [1.29, 1.82) is 0 Å². The van der Waals surface area contributed by atoms with Crippen LogP contribution >= 0.6 is 15.9 Å². The minimum absolute atomic E-state index is 0.468. The maximum absolute atomic E-state index is 5.73. The highest BCUT2D eigenvalue weighted by atomic mass is 79.9. The predicted octanol–water partition coefficient (Wildman–Crippen LogP) is 3.92. The molecule has 0 unspecified atom stereocenters. The molecule has 0 amide bonds. The standard InChI is InChI=1S/C16H19BrN2O/c1-12(2)19-10-14-7-8-18-16(9-14)20-11-13-3-5-15(17)6-4-13/h3-9,12,19H,10-11H2,1-2H3. The highest BCUT2D eigenvalue weighted by Gasteiger charge is 2.01. The van der Waals surface area contributed by atoms with Crippen LogP contribution in [-0.2, 0) is 13.2 Å². The van der Waals surface area contributed by atoms with Gasteiger partial charge in [-0.1, -0.05) is 41.9 Å². The van der Waals surface area contributed by atoms with Gasteiger partial charge in [0, 0.05) is 29.3 Å². The van der Waals surface area contributed by atoms with Crippen LogP contribution in [-0.4, -0.2) is 11.0 Å². The molecule has 0 saturated heterocycles. The van der Waals surface area contributed by atoms with E-state index in [2.05, 4.69) is 40.1 Å². The van der Waals surface area contributed by atoms with E-state index in [0.29, 0.717) is 18.5 Å². The first-order chi connectivity index (χ1) is 9.63. The fourth-order valence-corrected chi connectivity index (χ4v) is 1.96. The lowest BCUT2D eigenvalue weighted by molar-refractivity contribution is 0.293. The van der Waals surface area contributed by atoms with E-state index in [1.807, 2.05) is 36.4 Å². The summed E-state index contributed by atoms with van der Waals surface area (Å²) < 4.78 is 6.80. The van der Waals surface area contributed by atoms with Crippen molar-refractivity contribution in [3.63, 3.8) is 0 Å². The smallest absolute Gasteiger partial charge is 0.213 e. The van der Waals surface area contributed by atoms with Gasteiger partial charge in [0.2, 0.25) is 5.88 Å². The lowest BCUT2D eigenvalue weighted by Gasteiger charge is -2.10. The Morgan fingerprint density at radius 2 is 1.90 bits per heavy atom. The normalized spacial score (nSPS) is 10.8. The molecule has 2 aromatic rings. The summed E-state index contributed by atoms with van der Waals surface area (Å²) >= 11 is 3.42. The van der Waals surface area contributed by atoms with Crippen LogP contribution in [0.2, 0.25) is 0 Å². The SMILES string of the molecule is CC(C)NCc1ccnc(OCc2ccc(Br)cc2)c1. The Kier molecular flexibility index (Phi) is 5.56. The molecule has 1 aromatic carbocycles. The van der Waals surface area contributed by atoms with E-state index in [1.54, 1.807) is 6.20 Å². The Morgan fingerprint density at radius 1 is 1.15 bits per heavy atom. The van der Waals surface area contributed by atoms with Gasteiger partial charge in [0.05, 0.1) is 0 Å². The number of halogens is 1. The monoisotopic (exact) mass is 334 g/mol. The number of hydrogen-bond acceptors (Lipinski definition) is 3. The lowest BCUT2D eigenvalue weighted by Crippen LogP contribution is -2.21. The van der Waals surface area contributed by atoms with Crippen molar-refractivity contribution in [3.8, 4) is 5.88 Å². The fraction of sp³-hybridized carbons (Fsp3) is 0.312. The van der Waals surface area contributed by atoms with Crippen molar-refractivity contribution in [1.82, 2.24) is 10.3 Å². The Hall–Kier alpha value is -1.39. The van der Waals surface area contributed by atoms with E-state index in [-0.39, 0.29) is 0 Å². The van der Waals surface area contributed by atoms with Crippen LogP contribution in [0.3, 0.4) is 0 Å². The first-order valence-electron chi connectivity index (χ1n) is 6.69. The first kappa shape index (κ1) is 15.0. The molecule has 0 spiro atoms. The molecule has 0 atom stereocenters. The zero-order chi connectivity index (χ0) is 14.4. The lowest BCUT2D eigenvalue weighted by atomic mass is 10.2. The largest absolute Gasteiger partial charge is 0.473 e. The van der Waals surface area contributed by atoms with Gasteiger partial charge < -0.3 is 10.1 Å². The molecule has 0 saturated carbocycles. The van der Waals surface area contributed by atoms with Crippen LogP contribution in [0.15, 0.2) is 47.1 Å². The molecule has 106 valence electrons. The van der Waals surface area contributed by atoms with E-state index in [1.165, 1.54) is 5.56 Å². The van der Waals surface area contributed by atoms with Crippen molar-refractivity contribution in [2.24, 2.45) is 0 Å². The van der Waals surface area contributed by atoms with Gasteiger partial charge in [0.25, 0.3) is 0 Å². The number of hydrogen-bond donors (Lipinski definition) is 1. The second kappa shape index (κ2) is 7.41. The maximum atomic E-state index is 5.73. The van der Waals surface area contributed by atoms with Gasteiger partial charge in [0.15, 0.2) is 0 Å². The summed E-state index contributed by atoms with van der Waals surface area (Å²) in [6.07, 6.45) is 1.79. The topological polar surface area (TPSA) is 34.2 Å². The average molecular weight is 335 g/mol. The summed E-state index contributed by atoms with van der Waals surface area (Å²) in [4.78, 5) is 4.24. The molecule has 0 aliphatic heterocycles. The van der Waals surface area contributed by atoms with Crippen molar-refractivity contribution in [3.05, 3.63) is 58.2 Å². The zero-order valence-corrected chi connectivity index (χ0v) is 13.4. The summed E-state index contributed by atoms with van der Waals surface area (Å²) in [5.74, 6) is 0.663. The van der Waals surface area contributed by atoms with Gasteiger partial charge in [-0.15, -0.1) is 0 Å². The van der Waals surface area contributed by atoms with Crippen LogP contribution in [0.25, 0.3) is 0 Å². The molecule has 20 heavy (non-hydrogen) atoms. The number of benzene rings is 1. The quantitative estimate of drug-likeness (QED) is 0.869. The van der Waals surface area contributed by atoms with Gasteiger partial charge in [-0.3, -0.25) is 0 Å². The summed E-state index contributed by atoms with van der Waals surface area (Å²) in [5.41, 5.74) is 2.31. The van der Waals surface area contributed by atoms with Gasteiger partial charge in [-0.2, -0.15) is 0 Å². The van der Waals surface area contributed by atoms with Crippen LogP contribution < -0.4 is 10.1 Å². The summed E-state index contributed by atoms with van der Waals surface area (Å²) in [6, 6.07) is 12.5. The number of pyridine rings is 1. The molecular formula is C16H19BrN2O. The van der Waals surface area contributed by atoms with Crippen molar-refractivity contribution >= 4 is 15.9 Å². The zero-order valence-electron chi connectivity index (χ0n) is 11.8. The van der Waals surface area contributed by atoms with E-state index >= 15 is 0 Å². The molecule has 0 aliphatic carbocycles. The Morgan fingerprint density at radius 3 is 2.60 bits per heavy atom. The highest BCUT2D eigenvalue weighted by molar-refractivity contribution is 9.10. The summed E-state index contributed by atoms with van der Waals surface area (Å²) in [7, 11) is 0. The minimum Gasteiger partial charge on any atom is -0.473 e. The van der Waals surface area contributed by atoms with E-state index < -0.39 is 0 Å². The molecule has 3 nitrogen and oxygen atoms in total. The number of ether oxygens (including phenoxy) is 1. The number of rotatable bonds is 6. The van der Waals surface area contributed by atoms with Gasteiger partial charge in [-0.25, -0.2) is 4.98 Å². The number of aromatic nitrogens is 1. The average Bonchev–Trinajstić information content (AvgIpc) is 2.45. The van der Waals surface area contributed by atoms with Crippen molar-refractivity contribution in [2.75, 3.05) is 0 Å². The molecule has 0 aliphatic rings. The highest BCUT2D eigenvalue weighted by Crippen LogP contribution is 2.14. The van der Waals surface area contributed by atoms with Gasteiger partial charge in [0.1, 0.15) is 6.61 Å². The van der Waals surface area contributed by atoms with Crippen molar-refractivity contribution in [2.45, 2.75) is 33.0 Å². The summed E-state index contributed by atoms with van der Waals surface area (Å²) in [5, 5.41) is 3.38. The predicted molar refractivity (Wildman–Crippen MR) is 84.7 cm³/mol. The minimum atomic E-state index is 0.468. The molecular weight excluding hydrogens is 316 g/mol. The third-order valence-electron chi connectivity index (χ3n) is 2.81. The molecule has 4 heteroatoms. The Labute approximate surface area is 128 Å². The van der Waals surface area contributed by atoms with Crippen LogP contribution in [0.5, 0.6) is 5.88 Å². The van der Waals surface area contributed by atoms with Crippen LogP contribution in [0.1, 0.15) is 25.0 Å².